The molecule has 0 saturated carbocycles. The number of hydrogen-bond donors (Lipinski definition) is 1. The van der Waals surface area contributed by atoms with Gasteiger partial charge in [-0.2, -0.15) is 0 Å². The van der Waals surface area contributed by atoms with Gasteiger partial charge in [0, 0.05) is 12.6 Å². The van der Waals surface area contributed by atoms with E-state index < -0.39 is 16.1 Å². The van der Waals surface area contributed by atoms with Crippen molar-refractivity contribution >= 4 is 16.1 Å². The third-order valence-corrected chi connectivity index (χ3v) is 3.17. The summed E-state index contributed by atoms with van der Waals surface area (Å²) in [6, 6.07) is 0. The topological polar surface area (TPSA) is 89.7 Å². The SMILES string of the molecule is CS(=O)(=O)N1C=CC(CCOC(N)=O)=CC1. The summed E-state index contributed by atoms with van der Waals surface area (Å²) in [4.78, 5) is 10.3. The van der Waals surface area contributed by atoms with Crippen LogP contribution >= 0.6 is 0 Å². The molecule has 16 heavy (non-hydrogen) atoms. The first-order valence-electron chi connectivity index (χ1n) is 4.66. The Morgan fingerprint density at radius 2 is 2.31 bits per heavy atom. The Morgan fingerprint density at radius 3 is 2.75 bits per heavy atom. The minimum atomic E-state index is -3.19. The highest BCUT2D eigenvalue weighted by molar-refractivity contribution is 7.88. The van der Waals surface area contributed by atoms with Gasteiger partial charge in [-0.3, -0.25) is 4.31 Å². The zero-order valence-corrected chi connectivity index (χ0v) is 9.74. The van der Waals surface area contributed by atoms with Crippen molar-refractivity contribution in [3.8, 4) is 0 Å². The van der Waals surface area contributed by atoms with E-state index in [9.17, 15) is 13.2 Å². The van der Waals surface area contributed by atoms with E-state index in [1.165, 1.54) is 10.5 Å². The van der Waals surface area contributed by atoms with Crippen molar-refractivity contribution in [1.29, 1.82) is 0 Å². The van der Waals surface area contributed by atoms with Crippen molar-refractivity contribution in [2.45, 2.75) is 6.42 Å². The second-order valence-electron chi connectivity index (χ2n) is 3.34. The number of sulfonamides is 1. The second kappa shape index (κ2) is 5.02. The lowest BCUT2D eigenvalue weighted by Gasteiger charge is -2.20. The fourth-order valence-electron chi connectivity index (χ4n) is 1.22. The van der Waals surface area contributed by atoms with Crippen molar-refractivity contribution in [1.82, 2.24) is 4.31 Å². The van der Waals surface area contributed by atoms with E-state index in [0.29, 0.717) is 13.0 Å². The van der Waals surface area contributed by atoms with Crippen LogP contribution in [0.4, 0.5) is 4.79 Å². The summed E-state index contributed by atoms with van der Waals surface area (Å²) in [5.74, 6) is 0. The monoisotopic (exact) mass is 246 g/mol. The molecule has 0 aliphatic carbocycles. The first kappa shape index (κ1) is 12.6. The number of carbonyl (C=O) groups is 1. The van der Waals surface area contributed by atoms with Gasteiger partial charge >= 0.3 is 6.09 Å². The molecular weight excluding hydrogens is 232 g/mol. The highest BCUT2D eigenvalue weighted by Crippen LogP contribution is 2.12. The predicted molar refractivity (Wildman–Crippen MR) is 58.9 cm³/mol. The van der Waals surface area contributed by atoms with Gasteiger partial charge in [0.2, 0.25) is 10.0 Å². The van der Waals surface area contributed by atoms with Crippen LogP contribution < -0.4 is 5.73 Å². The van der Waals surface area contributed by atoms with Gasteiger partial charge in [-0.1, -0.05) is 6.08 Å². The molecule has 1 rings (SSSR count). The molecular formula is C9H14N2O4S. The number of rotatable bonds is 4. The van der Waals surface area contributed by atoms with Crippen LogP contribution in [0, 0.1) is 0 Å². The molecule has 0 aromatic heterocycles. The summed E-state index contributed by atoms with van der Waals surface area (Å²) < 4.78 is 28.1. The van der Waals surface area contributed by atoms with Gasteiger partial charge in [0.1, 0.15) is 0 Å². The van der Waals surface area contributed by atoms with Crippen LogP contribution in [0.3, 0.4) is 0 Å². The van der Waals surface area contributed by atoms with Crippen LogP contribution in [-0.4, -0.2) is 38.2 Å². The number of hydrogen-bond acceptors (Lipinski definition) is 4. The van der Waals surface area contributed by atoms with E-state index >= 15 is 0 Å². The molecule has 0 atom stereocenters. The minimum Gasteiger partial charge on any atom is -0.449 e. The maximum atomic E-state index is 11.2. The summed E-state index contributed by atoms with van der Waals surface area (Å²) in [5.41, 5.74) is 5.72. The summed E-state index contributed by atoms with van der Waals surface area (Å²) in [7, 11) is -3.19. The van der Waals surface area contributed by atoms with Crippen LogP contribution in [0.2, 0.25) is 0 Å². The molecule has 0 fully saturated rings. The van der Waals surface area contributed by atoms with Crippen LogP contribution in [-0.2, 0) is 14.8 Å². The van der Waals surface area contributed by atoms with Gasteiger partial charge in [0.25, 0.3) is 0 Å². The largest absolute Gasteiger partial charge is 0.449 e. The van der Waals surface area contributed by atoms with Gasteiger partial charge in [-0.25, -0.2) is 13.2 Å². The van der Waals surface area contributed by atoms with E-state index in [1.54, 1.807) is 12.2 Å². The van der Waals surface area contributed by atoms with Crippen LogP contribution in [0.15, 0.2) is 23.9 Å². The van der Waals surface area contributed by atoms with Crippen molar-refractivity contribution < 1.29 is 17.9 Å². The Kier molecular flexibility index (Phi) is 3.94. The number of nitrogens with zero attached hydrogens (tertiary/aromatic N) is 1. The molecule has 2 N–H and O–H groups in total. The Morgan fingerprint density at radius 1 is 1.62 bits per heavy atom. The number of allylic oxidation sites excluding steroid dienone is 1. The predicted octanol–water partition coefficient (Wildman–Crippen LogP) is 0.187. The summed E-state index contributed by atoms with van der Waals surface area (Å²) >= 11 is 0. The maximum absolute atomic E-state index is 11.2. The van der Waals surface area contributed by atoms with Crippen molar-refractivity contribution in [2.24, 2.45) is 5.73 Å². The highest BCUT2D eigenvalue weighted by atomic mass is 32.2. The fourth-order valence-corrected chi connectivity index (χ4v) is 1.84. The fraction of sp³-hybridized carbons (Fsp3) is 0.444. The molecule has 0 aromatic rings. The second-order valence-corrected chi connectivity index (χ2v) is 5.28. The molecule has 1 aliphatic rings. The summed E-state index contributed by atoms with van der Waals surface area (Å²) in [6.45, 7) is 0.506. The van der Waals surface area contributed by atoms with Crippen molar-refractivity contribution in [3.05, 3.63) is 23.9 Å². The van der Waals surface area contributed by atoms with Gasteiger partial charge in [-0.15, -0.1) is 0 Å². The molecule has 0 radical (unpaired) electrons. The number of nitrogens with two attached hydrogens (primary N) is 1. The van der Waals surface area contributed by atoms with Gasteiger partial charge in [0.05, 0.1) is 19.4 Å². The van der Waals surface area contributed by atoms with Crippen molar-refractivity contribution in [2.75, 3.05) is 19.4 Å². The number of amides is 1. The molecule has 7 heteroatoms. The first-order valence-corrected chi connectivity index (χ1v) is 6.50. The van der Waals surface area contributed by atoms with E-state index in [4.69, 9.17) is 5.73 Å². The zero-order chi connectivity index (χ0) is 12.2. The minimum absolute atomic E-state index is 0.199. The smallest absolute Gasteiger partial charge is 0.404 e. The van der Waals surface area contributed by atoms with E-state index in [1.807, 2.05) is 0 Å². The first-order chi connectivity index (χ1) is 7.39. The highest BCUT2D eigenvalue weighted by Gasteiger charge is 2.13. The number of carbonyl (C=O) groups excluding carboxylic acids is 1. The van der Waals surface area contributed by atoms with Crippen molar-refractivity contribution in [3.63, 3.8) is 0 Å². The number of ether oxygens (including phenoxy) is 1. The Bertz CT molecular complexity index is 425. The molecule has 0 bridgehead atoms. The molecule has 0 aromatic carbocycles. The van der Waals surface area contributed by atoms with Gasteiger partial charge in [-0.05, 0) is 11.6 Å². The molecule has 0 saturated heterocycles. The quantitative estimate of drug-likeness (QED) is 0.766. The normalized spacial score (nSPS) is 15.8. The molecule has 1 amide bonds. The maximum Gasteiger partial charge on any atom is 0.404 e. The summed E-state index contributed by atoms with van der Waals surface area (Å²) in [5, 5.41) is 0. The molecule has 0 unspecified atom stereocenters. The lowest BCUT2D eigenvalue weighted by atomic mass is 10.1. The Labute approximate surface area is 94.4 Å². The molecule has 1 aliphatic heterocycles. The average Bonchev–Trinajstić information content (AvgIpc) is 2.16. The molecule has 1 heterocycles. The van der Waals surface area contributed by atoms with Gasteiger partial charge < -0.3 is 10.5 Å². The van der Waals surface area contributed by atoms with E-state index in [2.05, 4.69) is 4.74 Å². The average molecular weight is 246 g/mol. The lowest BCUT2D eigenvalue weighted by molar-refractivity contribution is 0.158. The van der Waals surface area contributed by atoms with Gasteiger partial charge in [0.15, 0.2) is 0 Å². The third kappa shape index (κ3) is 3.93. The lowest BCUT2D eigenvalue weighted by Crippen LogP contribution is -2.26. The number of primary amides is 1. The summed E-state index contributed by atoms with van der Waals surface area (Å²) in [6.07, 6.45) is 5.80. The van der Waals surface area contributed by atoms with Crippen LogP contribution in [0.5, 0.6) is 0 Å². The third-order valence-electron chi connectivity index (χ3n) is 2.05. The van der Waals surface area contributed by atoms with Crippen LogP contribution in [0.1, 0.15) is 6.42 Å². The zero-order valence-electron chi connectivity index (χ0n) is 8.92. The Balaban J connectivity index is 2.43. The Hall–Kier alpha value is -1.50. The van der Waals surface area contributed by atoms with E-state index in [-0.39, 0.29) is 6.61 Å². The standard InChI is InChI=1S/C9H14N2O4S/c1-16(13,14)11-5-2-8(3-6-11)4-7-15-9(10)12/h2-3,5H,4,6-7H2,1H3,(H2,10,12). The van der Waals surface area contributed by atoms with Crippen LogP contribution in [0.25, 0.3) is 0 Å². The van der Waals surface area contributed by atoms with E-state index in [0.717, 1.165) is 11.8 Å². The molecule has 90 valence electrons. The molecule has 6 nitrogen and oxygen atoms in total. The molecule has 0 spiro atoms.